The molecule has 0 amide bonds. The molecular formula is C17H22IN3O2S. The van der Waals surface area contributed by atoms with Crippen LogP contribution in [0.5, 0.6) is 11.5 Å². The predicted octanol–water partition coefficient (Wildman–Crippen LogP) is 3.66. The van der Waals surface area contributed by atoms with Gasteiger partial charge in [0.05, 0.1) is 13.1 Å². The van der Waals surface area contributed by atoms with E-state index in [4.69, 9.17) is 9.47 Å². The van der Waals surface area contributed by atoms with Gasteiger partial charge in [0.2, 0.25) is 6.79 Å². The summed E-state index contributed by atoms with van der Waals surface area (Å²) in [6, 6.07) is 10.2. The van der Waals surface area contributed by atoms with E-state index >= 15 is 0 Å². The molecule has 0 aliphatic carbocycles. The fraction of sp³-hybridized carbons (Fsp3) is 0.353. The normalized spacial score (nSPS) is 12.7. The topological polar surface area (TPSA) is 54.9 Å². The first kappa shape index (κ1) is 18.9. The molecular weight excluding hydrogens is 437 g/mol. The number of benzene rings is 1. The van der Waals surface area contributed by atoms with Gasteiger partial charge in [0.25, 0.3) is 0 Å². The monoisotopic (exact) mass is 459 g/mol. The van der Waals surface area contributed by atoms with Gasteiger partial charge in [-0.3, -0.25) is 0 Å². The molecule has 0 radical (unpaired) electrons. The predicted molar refractivity (Wildman–Crippen MR) is 109 cm³/mol. The molecule has 0 fully saturated rings. The number of rotatable bonds is 5. The third kappa shape index (κ3) is 5.01. The van der Waals surface area contributed by atoms with Crippen LogP contribution in [0.15, 0.2) is 35.3 Å². The van der Waals surface area contributed by atoms with E-state index in [2.05, 4.69) is 41.6 Å². The fourth-order valence-corrected chi connectivity index (χ4v) is 3.13. The lowest BCUT2D eigenvalue weighted by molar-refractivity contribution is 0.174. The van der Waals surface area contributed by atoms with Gasteiger partial charge >= 0.3 is 0 Å². The third-order valence-corrected chi connectivity index (χ3v) is 4.43. The quantitative estimate of drug-likeness (QED) is 0.407. The summed E-state index contributed by atoms with van der Waals surface area (Å²) in [4.78, 5) is 7.26. The molecule has 0 atom stereocenters. The number of guanidine groups is 1. The highest BCUT2D eigenvalue weighted by atomic mass is 127. The van der Waals surface area contributed by atoms with Crippen molar-refractivity contribution < 1.29 is 9.47 Å². The molecule has 0 spiro atoms. The van der Waals surface area contributed by atoms with Gasteiger partial charge in [0.15, 0.2) is 17.5 Å². The number of hydrogen-bond acceptors (Lipinski definition) is 4. The fourth-order valence-electron chi connectivity index (χ4n) is 2.30. The zero-order valence-corrected chi connectivity index (χ0v) is 16.9. The van der Waals surface area contributed by atoms with Crippen molar-refractivity contribution in [2.75, 3.05) is 13.3 Å². The van der Waals surface area contributed by atoms with E-state index in [0.29, 0.717) is 13.3 Å². The summed E-state index contributed by atoms with van der Waals surface area (Å²) in [6.45, 7) is 6.68. The number of halogens is 1. The summed E-state index contributed by atoms with van der Waals surface area (Å²) in [6.07, 6.45) is 0. The number of nitrogens with zero attached hydrogens (tertiary/aromatic N) is 1. The zero-order chi connectivity index (χ0) is 16.1. The smallest absolute Gasteiger partial charge is 0.231 e. The molecule has 5 nitrogen and oxygen atoms in total. The first-order chi connectivity index (χ1) is 11.2. The summed E-state index contributed by atoms with van der Waals surface area (Å²) in [7, 11) is 0. The Bertz CT molecular complexity index is 703. The zero-order valence-electron chi connectivity index (χ0n) is 13.8. The molecule has 130 valence electrons. The van der Waals surface area contributed by atoms with Crippen LogP contribution < -0.4 is 20.1 Å². The van der Waals surface area contributed by atoms with E-state index in [1.54, 1.807) is 11.3 Å². The molecule has 0 bridgehead atoms. The van der Waals surface area contributed by atoms with Gasteiger partial charge in [-0.1, -0.05) is 6.07 Å². The van der Waals surface area contributed by atoms with Crippen LogP contribution in [-0.2, 0) is 13.1 Å². The van der Waals surface area contributed by atoms with Gasteiger partial charge in [0.1, 0.15) is 0 Å². The molecule has 2 N–H and O–H groups in total. The van der Waals surface area contributed by atoms with Crippen LogP contribution in [0.3, 0.4) is 0 Å². The molecule has 1 aliphatic rings. The minimum Gasteiger partial charge on any atom is -0.454 e. The van der Waals surface area contributed by atoms with E-state index in [1.165, 1.54) is 9.75 Å². The molecule has 0 saturated carbocycles. The molecule has 0 saturated heterocycles. The number of ether oxygens (including phenoxy) is 2. The highest BCUT2D eigenvalue weighted by Gasteiger charge is 2.12. The van der Waals surface area contributed by atoms with Crippen LogP contribution in [0.25, 0.3) is 0 Å². The lowest BCUT2D eigenvalue weighted by atomic mass is 10.2. The van der Waals surface area contributed by atoms with Gasteiger partial charge < -0.3 is 20.1 Å². The van der Waals surface area contributed by atoms with Crippen molar-refractivity contribution in [3.8, 4) is 11.5 Å². The molecule has 2 heterocycles. The number of nitrogens with one attached hydrogen (secondary N) is 2. The van der Waals surface area contributed by atoms with Crippen LogP contribution >= 0.6 is 35.3 Å². The first-order valence-electron chi connectivity index (χ1n) is 7.70. The SMILES string of the molecule is CCNC(=NCc1ccc2c(c1)OCO2)NCc1ccc(C)s1.I. The Kier molecular flexibility index (Phi) is 7.16. The van der Waals surface area contributed by atoms with E-state index in [9.17, 15) is 0 Å². The second-order valence-electron chi connectivity index (χ2n) is 5.25. The Morgan fingerprint density at radius 3 is 2.75 bits per heavy atom. The maximum Gasteiger partial charge on any atom is 0.231 e. The van der Waals surface area contributed by atoms with Crippen molar-refractivity contribution in [3.05, 3.63) is 45.6 Å². The molecule has 3 rings (SSSR count). The van der Waals surface area contributed by atoms with E-state index in [0.717, 1.165) is 36.1 Å². The molecule has 7 heteroatoms. The molecule has 1 aromatic heterocycles. The number of thiophene rings is 1. The van der Waals surface area contributed by atoms with Crippen molar-refractivity contribution in [3.63, 3.8) is 0 Å². The number of aryl methyl sites for hydroxylation is 1. The van der Waals surface area contributed by atoms with Crippen molar-refractivity contribution in [2.24, 2.45) is 4.99 Å². The Morgan fingerprint density at radius 1 is 1.17 bits per heavy atom. The second kappa shape index (κ2) is 9.12. The van der Waals surface area contributed by atoms with Crippen LogP contribution in [0, 0.1) is 6.92 Å². The maximum atomic E-state index is 5.40. The number of hydrogen-bond donors (Lipinski definition) is 2. The summed E-state index contributed by atoms with van der Waals surface area (Å²) in [5.74, 6) is 2.41. The largest absolute Gasteiger partial charge is 0.454 e. The summed E-state index contributed by atoms with van der Waals surface area (Å²) < 4.78 is 10.7. The van der Waals surface area contributed by atoms with Crippen LogP contribution in [0.4, 0.5) is 0 Å². The van der Waals surface area contributed by atoms with Crippen LogP contribution in [0.2, 0.25) is 0 Å². The average Bonchev–Trinajstić information content (AvgIpc) is 3.18. The summed E-state index contributed by atoms with van der Waals surface area (Å²) in [5, 5.41) is 6.64. The minimum absolute atomic E-state index is 0. The second-order valence-corrected chi connectivity index (χ2v) is 6.62. The van der Waals surface area contributed by atoms with E-state index < -0.39 is 0 Å². The molecule has 2 aromatic rings. The standard InChI is InChI=1S/C17H21N3O2S.HI/c1-3-18-17(20-10-14-6-4-12(2)23-14)19-9-13-5-7-15-16(8-13)22-11-21-15;/h4-8H,3,9-11H2,1-2H3,(H2,18,19,20);1H. The number of fused-ring (bicyclic) bond motifs is 1. The van der Waals surface area contributed by atoms with Gasteiger partial charge in [0, 0.05) is 16.3 Å². The maximum absolute atomic E-state index is 5.40. The Balaban J connectivity index is 0.00000208. The van der Waals surface area contributed by atoms with Gasteiger partial charge in [-0.15, -0.1) is 35.3 Å². The highest BCUT2D eigenvalue weighted by molar-refractivity contribution is 14.0. The molecule has 1 aromatic carbocycles. The lowest BCUT2D eigenvalue weighted by Gasteiger charge is -2.10. The van der Waals surface area contributed by atoms with Gasteiger partial charge in [-0.05, 0) is 43.7 Å². The highest BCUT2D eigenvalue weighted by Crippen LogP contribution is 2.32. The van der Waals surface area contributed by atoms with E-state index in [1.807, 2.05) is 18.2 Å². The molecule has 24 heavy (non-hydrogen) atoms. The van der Waals surface area contributed by atoms with Crippen molar-refractivity contribution in [1.29, 1.82) is 0 Å². The van der Waals surface area contributed by atoms with Gasteiger partial charge in [-0.25, -0.2) is 4.99 Å². The molecule has 0 unspecified atom stereocenters. The Morgan fingerprint density at radius 2 is 2.00 bits per heavy atom. The first-order valence-corrected chi connectivity index (χ1v) is 8.52. The summed E-state index contributed by atoms with van der Waals surface area (Å²) in [5.41, 5.74) is 1.10. The third-order valence-electron chi connectivity index (χ3n) is 3.43. The van der Waals surface area contributed by atoms with E-state index in [-0.39, 0.29) is 24.0 Å². The summed E-state index contributed by atoms with van der Waals surface area (Å²) >= 11 is 1.80. The van der Waals surface area contributed by atoms with Crippen LogP contribution in [-0.4, -0.2) is 19.3 Å². The van der Waals surface area contributed by atoms with Gasteiger partial charge in [-0.2, -0.15) is 0 Å². The lowest BCUT2D eigenvalue weighted by Crippen LogP contribution is -2.36. The minimum atomic E-state index is 0. The molecule has 1 aliphatic heterocycles. The van der Waals surface area contributed by atoms with Crippen LogP contribution in [0.1, 0.15) is 22.2 Å². The Hall–Kier alpha value is -1.48. The average molecular weight is 459 g/mol. The Labute approximate surface area is 163 Å². The number of aliphatic imine (C=N–C) groups is 1. The van der Waals surface area contributed by atoms with Crippen molar-refractivity contribution in [1.82, 2.24) is 10.6 Å². The van der Waals surface area contributed by atoms with Crippen molar-refractivity contribution >= 4 is 41.3 Å². The van der Waals surface area contributed by atoms with Crippen molar-refractivity contribution in [2.45, 2.75) is 26.9 Å².